The fraction of sp³-hybridized carbons (Fsp3) is 0.647. The van der Waals surface area contributed by atoms with E-state index in [0.717, 1.165) is 29.7 Å². The van der Waals surface area contributed by atoms with Gasteiger partial charge in [0.15, 0.2) is 0 Å². The normalized spacial score (nSPS) is 34.9. The van der Waals surface area contributed by atoms with Crippen molar-refractivity contribution in [3.63, 3.8) is 0 Å². The van der Waals surface area contributed by atoms with Gasteiger partial charge in [0.2, 0.25) is 0 Å². The molecule has 3 rings (SSSR count). The number of benzene rings is 1. The maximum atomic E-state index is 11.1. The highest BCUT2D eigenvalue weighted by atomic mass is 79.9. The third kappa shape index (κ3) is 2.75. The molecule has 0 aliphatic heterocycles. The van der Waals surface area contributed by atoms with E-state index in [1.807, 2.05) is 0 Å². The number of aryl methyl sites for hydroxylation is 1. The number of hydrogen-bond acceptors (Lipinski definition) is 1. The summed E-state index contributed by atoms with van der Waals surface area (Å²) in [4.78, 5) is 0. The van der Waals surface area contributed by atoms with Crippen molar-refractivity contribution in [2.24, 2.45) is 11.8 Å². The Morgan fingerprint density at radius 1 is 1.16 bits per heavy atom. The second kappa shape index (κ2) is 5.21. The van der Waals surface area contributed by atoms with Crippen molar-refractivity contribution in [1.29, 1.82) is 0 Å². The van der Waals surface area contributed by atoms with E-state index >= 15 is 0 Å². The Labute approximate surface area is 124 Å². The molecule has 104 valence electrons. The van der Waals surface area contributed by atoms with Gasteiger partial charge in [-0.2, -0.15) is 0 Å². The van der Waals surface area contributed by atoms with Gasteiger partial charge in [0.05, 0.1) is 5.60 Å². The first-order valence-electron chi connectivity index (χ1n) is 7.56. The van der Waals surface area contributed by atoms with E-state index in [1.165, 1.54) is 36.8 Å². The fourth-order valence-corrected chi connectivity index (χ4v) is 4.32. The summed E-state index contributed by atoms with van der Waals surface area (Å²) >= 11 is 3.54. The Balaban J connectivity index is 1.78. The molecule has 1 fully saturated rings. The minimum Gasteiger partial charge on any atom is -0.389 e. The molecule has 2 heteroatoms. The molecule has 1 aromatic carbocycles. The molecule has 1 N–H and O–H groups in total. The van der Waals surface area contributed by atoms with Gasteiger partial charge in [0.25, 0.3) is 0 Å². The molecule has 0 amide bonds. The molecule has 1 nitrogen and oxygen atoms in total. The van der Waals surface area contributed by atoms with E-state index in [2.05, 4.69) is 41.1 Å². The van der Waals surface area contributed by atoms with Gasteiger partial charge in [-0.1, -0.05) is 41.8 Å². The molecule has 0 radical (unpaired) electrons. The Bertz CT molecular complexity index is 462. The molecule has 1 aromatic rings. The standard InChI is InChI=1S/C17H23BrO/c1-12-2-5-15(6-3-12)17(19)9-8-13-10-16(18)7-4-14(13)11-17/h4,7,10,12,15,19H,2-3,5-6,8-9,11H2,1H3. The number of fused-ring (bicyclic) bond motifs is 1. The molecule has 19 heavy (non-hydrogen) atoms. The number of rotatable bonds is 1. The highest BCUT2D eigenvalue weighted by Gasteiger charge is 2.40. The molecule has 1 atom stereocenters. The van der Waals surface area contributed by atoms with Crippen molar-refractivity contribution in [2.45, 2.75) is 57.5 Å². The predicted octanol–water partition coefficient (Wildman–Crippen LogP) is 4.50. The van der Waals surface area contributed by atoms with Crippen LogP contribution in [-0.4, -0.2) is 10.7 Å². The lowest BCUT2D eigenvalue weighted by Crippen LogP contribution is -2.44. The predicted molar refractivity (Wildman–Crippen MR) is 82.2 cm³/mol. The zero-order valence-electron chi connectivity index (χ0n) is 11.7. The lowest BCUT2D eigenvalue weighted by Gasteiger charge is -2.43. The molecule has 1 unspecified atom stereocenters. The third-order valence-electron chi connectivity index (χ3n) is 5.27. The number of aliphatic hydroxyl groups is 1. The van der Waals surface area contributed by atoms with E-state index in [4.69, 9.17) is 0 Å². The average molecular weight is 323 g/mol. The van der Waals surface area contributed by atoms with Crippen LogP contribution in [0.4, 0.5) is 0 Å². The second-order valence-corrected chi connectivity index (χ2v) is 7.57. The van der Waals surface area contributed by atoms with Crippen LogP contribution >= 0.6 is 15.9 Å². The van der Waals surface area contributed by atoms with Crippen molar-refractivity contribution >= 4 is 15.9 Å². The second-order valence-electron chi connectivity index (χ2n) is 6.65. The van der Waals surface area contributed by atoms with Gasteiger partial charge in [0, 0.05) is 10.9 Å². The average Bonchev–Trinajstić information content (AvgIpc) is 2.40. The Hall–Kier alpha value is -0.340. The maximum absolute atomic E-state index is 11.1. The summed E-state index contributed by atoms with van der Waals surface area (Å²) in [5, 5.41) is 11.1. The maximum Gasteiger partial charge on any atom is 0.0719 e. The molecule has 0 bridgehead atoms. The minimum absolute atomic E-state index is 0.443. The van der Waals surface area contributed by atoms with Gasteiger partial charge in [-0.15, -0.1) is 0 Å². The van der Waals surface area contributed by atoms with Gasteiger partial charge >= 0.3 is 0 Å². The van der Waals surface area contributed by atoms with Crippen LogP contribution in [0, 0.1) is 11.8 Å². The number of halogens is 1. The minimum atomic E-state index is -0.443. The van der Waals surface area contributed by atoms with Gasteiger partial charge in [0.1, 0.15) is 0 Å². The Morgan fingerprint density at radius 2 is 1.89 bits per heavy atom. The first-order valence-corrected chi connectivity index (χ1v) is 8.36. The van der Waals surface area contributed by atoms with Crippen LogP contribution in [0.25, 0.3) is 0 Å². The fourth-order valence-electron chi connectivity index (χ4n) is 3.91. The van der Waals surface area contributed by atoms with Crippen LogP contribution in [0.15, 0.2) is 22.7 Å². The Kier molecular flexibility index (Phi) is 3.74. The van der Waals surface area contributed by atoms with Gasteiger partial charge in [-0.3, -0.25) is 0 Å². The van der Waals surface area contributed by atoms with Crippen LogP contribution in [-0.2, 0) is 12.8 Å². The smallest absolute Gasteiger partial charge is 0.0719 e. The van der Waals surface area contributed by atoms with E-state index < -0.39 is 5.60 Å². The summed E-state index contributed by atoms with van der Waals surface area (Å²) < 4.78 is 1.16. The summed E-state index contributed by atoms with van der Waals surface area (Å²) in [7, 11) is 0. The monoisotopic (exact) mass is 322 g/mol. The van der Waals surface area contributed by atoms with Crippen LogP contribution in [0.3, 0.4) is 0 Å². The third-order valence-corrected chi connectivity index (χ3v) is 5.76. The van der Waals surface area contributed by atoms with Crippen molar-refractivity contribution in [2.75, 3.05) is 0 Å². The quantitative estimate of drug-likeness (QED) is 0.807. The van der Waals surface area contributed by atoms with Crippen molar-refractivity contribution in [3.05, 3.63) is 33.8 Å². The summed E-state index contributed by atoms with van der Waals surface area (Å²) in [6, 6.07) is 6.51. The number of hydrogen-bond donors (Lipinski definition) is 1. The van der Waals surface area contributed by atoms with Crippen molar-refractivity contribution in [1.82, 2.24) is 0 Å². The molecule has 0 heterocycles. The largest absolute Gasteiger partial charge is 0.389 e. The highest BCUT2D eigenvalue weighted by Crippen LogP contribution is 2.42. The van der Waals surface area contributed by atoms with Crippen LogP contribution < -0.4 is 0 Å². The highest BCUT2D eigenvalue weighted by molar-refractivity contribution is 9.10. The van der Waals surface area contributed by atoms with E-state index in [9.17, 15) is 5.11 Å². The molecule has 2 aliphatic rings. The lowest BCUT2D eigenvalue weighted by molar-refractivity contribution is -0.0479. The van der Waals surface area contributed by atoms with E-state index in [0.29, 0.717) is 5.92 Å². The van der Waals surface area contributed by atoms with Crippen molar-refractivity contribution in [3.8, 4) is 0 Å². The summed E-state index contributed by atoms with van der Waals surface area (Å²) in [5.41, 5.74) is 2.33. The Morgan fingerprint density at radius 3 is 2.63 bits per heavy atom. The van der Waals surface area contributed by atoms with E-state index in [1.54, 1.807) is 0 Å². The van der Waals surface area contributed by atoms with Gasteiger partial charge in [-0.05, 0) is 60.8 Å². The molecule has 2 aliphatic carbocycles. The molecule has 1 saturated carbocycles. The van der Waals surface area contributed by atoms with Gasteiger partial charge < -0.3 is 5.11 Å². The molecule has 0 spiro atoms. The van der Waals surface area contributed by atoms with Crippen LogP contribution in [0.1, 0.15) is 50.2 Å². The lowest BCUT2D eigenvalue weighted by atomic mass is 9.67. The topological polar surface area (TPSA) is 20.2 Å². The molecule has 0 aromatic heterocycles. The first kappa shape index (κ1) is 13.6. The first-order chi connectivity index (χ1) is 9.07. The molecular formula is C17H23BrO. The van der Waals surface area contributed by atoms with Gasteiger partial charge in [-0.25, -0.2) is 0 Å². The SMILES string of the molecule is CC1CCC(C2(O)CCc3cc(Br)ccc3C2)CC1. The van der Waals surface area contributed by atoms with Crippen LogP contribution in [0.5, 0.6) is 0 Å². The summed E-state index contributed by atoms with van der Waals surface area (Å²) in [6.45, 7) is 2.34. The summed E-state index contributed by atoms with van der Waals surface area (Å²) in [6.07, 6.45) is 7.83. The van der Waals surface area contributed by atoms with Crippen LogP contribution in [0.2, 0.25) is 0 Å². The van der Waals surface area contributed by atoms with Crippen molar-refractivity contribution < 1.29 is 5.11 Å². The summed E-state index contributed by atoms with van der Waals surface area (Å²) in [5.74, 6) is 1.37. The van der Waals surface area contributed by atoms with E-state index in [-0.39, 0.29) is 0 Å². The molecule has 0 saturated heterocycles. The zero-order valence-corrected chi connectivity index (χ0v) is 13.2. The molecular weight excluding hydrogens is 300 g/mol. The zero-order chi connectivity index (χ0) is 13.5.